The van der Waals surface area contributed by atoms with Crippen LogP contribution in [0.25, 0.3) is 22.2 Å². The van der Waals surface area contributed by atoms with Gasteiger partial charge in [-0.25, -0.2) is 9.97 Å². The van der Waals surface area contributed by atoms with E-state index < -0.39 is 0 Å². The van der Waals surface area contributed by atoms with E-state index in [0.29, 0.717) is 0 Å². The van der Waals surface area contributed by atoms with Crippen molar-refractivity contribution in [2.45, 2.75) is 0 Å². The maximum Gasteiger partial charge on any atom is 0.220 e. The van der Waals surface area contributed by atoms with E-state index in [4.69, 9.17) is 5.73 Å². The fraction of sp³-hybridized carbons (Fsp3) is 0. The highest BCUT2D eigenvalue weighted by Crippen LogP contribution is 2.27. The summed E-state index contributed by atoms with van der Waals surface area (Å²) in [5, 5.41) is 11.7. The van der Waals surface area contributed by atoms with Crippen LogP contribution in [0.1, 0.15) is 0 Å². The number of anilines is 3. The predicted octanol–water partition coefficient (Wildman–Crippen LogP) is 3.35. The number of nitrogens with two attached hydrogens (primary N) is 1. The molecule has 0 amide bonds. The number of fused-ring (bicyclic) bond motifs is 1. The second kappa shape index (κ2) is 5.42. The minimum Gasteiger partial charge on any atom is -0.368 e. The molecule has 0 atom stereocenters. The average Bonchev–Trinajstić information content (AvgIpc) is 2.98. The van der Waals surface area contributed by atoms with E-state index >= 15 is 0 Å². The van der Waals surface area contributed by atoms with Crippen molar-refractivity contribution in [2.75, 3.05) is 11.1 Å². The van der Waals surface area contributed by atoms with Crippen LogP contribution in [0, 0.1) is 0 Å². The van der Waals surface area contributed by atoms with Crippen molar-refractivity contribution >= 4 is 28.4 Å². The van der Waals surface area contributed by atoms with Crippen LogP contribution in [0.5, 0.6) is 0 Å². The first-order valence-corrected chi connectivity index (χ1v) is 7.19. The first-order valence-electron chi connectivity index (χ1n) is 7.19. The highest BCUT2D eigenvalue weighted by Gasteiger charge is 2.08. The summed E-state index contributed by atoms with van der Waals surface area (Å²) in [6.45, 7) is 0. The van der Waals surface area contributed by atoms with Crippen molar-refractivity contribution in [1.82, 2.24) is 20.2 Å². The third kappa shape index (κ3) is 2.57. The molecule has 4 aromatic rings. The predicted molar refractivity (Wildman–Crippen MR) is 91.3 cm³/mol. The lowest BCUT2D eigenvalue weighted by molar-refractivity contribution is 1.12. The number of aromatic amines is 1. The number of para-hydroxylation sites is 1. The molecular formula is C17H14N6. The third-order valence-corrected chi connectivity index (χ3v) is 3.57. The Kier molecular flexibility index (Phi) is 3.12. The molecule has 112 valence electrons. The summed E-state index contributed by atoms with van der Waals surface area (Å²) in [6.07, 6.45) is 1.65. The molecular weight excluding hydrogens is 288 g/mol. The molecule has 6 nitrogen and oxygen atoms in total. The van der Waals surface area contributed by atoms with Crippen LogP contribution < -0.4 is 11.1 Å². The number of hydrogen-bond donors (Lipinski definition) is 3. The summed E-state index contributed by atoms with van der Waals surface area (Å²) in [4.78, 5) is 8.16. The van der Waals surface area contributed by atoms with Gasteiger partial charge < -0.3 is 11.1 Å². The lowest BCUT2D eigenvalue weighted by atomic mass is 10.1. The molecule has 23 heavy (non-hydrogen) atoms. The molecule has 0 radical (unpaired) electrons. The van der Waals surface area contributed by atoms with Crippen LogP contribution in [-0.4, -0.2) is 20.2 Å². The van der Waals surface area contributed by atoms with Crippen LogP contribution in [0.4, 0.5) is 17.5 Å². The van der Waals surface area contributed by atoms with Gasteiger partial charge in [-0.3, -0.25) is 5.10 Å². The summed E-state index contributed by atoms with van der Waals surface area (Å²) in [7, 11) is 0. The smallest absolute Gasteiger partial charge is 0.220 e. The molecule has 2 aromatic heterocycles. The summed E-state index contributed by atoms with van der Waals surface area (Å²) in [6, 6.07) is 17.8. The summed E-state index contributed by atoms with van der Waals surface area (Å²) >= 11 is 0. The van der Waals surface area contributed by atoms with Gasteiger partial charge in [-0.05, 0) is 30.3 Å². The van der Waals surface area contributed by atoms with Crippen molar-refractivity contribution in [2.24, 2.45) is 0 Å². The lowest BCUT2D eigenvalue weighted by Crippen LogP contribution is -1.95. The Morgan fingerprint density at radius 2 is 1.87 bits per heavy atom. The molecule has 0 saturated carbocycles. The molecule has 0 aliphatic rings. The van der Waals surface area contributed by atoms with E-state index in [-0.39, 0.29) is 5.95 Å². The second-order valence-electron chi connectivity index (χ2n) is 5.12. The Labute approximate surface area is 132 Å². The van der Waals surface area contributed by atoms with Crippen LogP contribution in [0.2, 0.25) is 0 Å². The molecule has 0 saturated heterocycles. The van der Waals surface area contributed by atoms with Gasteiger partial charge in [-0.15, -0.1) is 0 Å². The SMILES string of the molecule is Nc1nccc(-c2ccc3c(Nc4ccccc4)n[nH]c3c2)n1. The van der Waals surface area contributed by atoms with Gasteiger partial charge >= 0.3 is 0 Å². The molecule has 4 rings (SSSR count). The van der Waals surface area contributed by atoms with Gasteiger partial charge in [0, 0.05) is 22.8 Å². The van der Waals surface area contributed by atoms with Gasteiger partial charge in [0.05, 0.1) is 11.2 Å². The third-order valence-electron chi connectivity index (χ3n) is 3.57. The first kappa shape index (κ1) is 13.3. The fourth-order valence-electron chi connectivity index (χ4n) is 2.47. The minimum absolute atomic E-state index is 0.263. The molecule has 6 heteroatoms. The molecule has 0 bridgehead atoms. The molecule has 4 N–H and O–H groups in total. The number of benzene rings is 2. The maximum atomic E-state index is 5.65. The Morgan fingerprint density at radius 1 is 1.00 bits per heavy atom. The summed E-state index contributed by atoms with van der Waals surface area (Å²) in [5.41, 5.74) is 9.31. The molecule has 0 aliphatic carbocycles. The van der Waals surface area contributed by atoms with Crippen LogP contribution in [-0.2, 0) is 0 Å². The molecule has 0 fully saturated rings. The zero-order chi connectivity index (χ0) is 15.6. The zero-order valence-corrected chi connectivity index (χ0v) is 12.2. The van der Waals surface area contributed by atoms with Crippen molar-refractivity contribution < 1.29 is 0 Å². The van der Waals surface area contributed by atoms with Crippen molar-refractivity contribution in [3.05, 3.63) is 60.8 Å². The van der Waals surface area contributed by atoms with Gasteiger partial charge in [0.25, 0.3) is 0 Å². The van der Waals surface area contributed by atoms with Gasteiger partial charge in [-0.1, -0.05) is 24.3 Å². The normalized spacial score (nSPS) is 10.8. The van der Waals surface area contributed by atoms with Crippen LogP contribution >= 0.6 is 0 Å². The average molecular weight is 302 g/mol. The number of nitrogen functional groups attached to an aromatic ring is 1. The highest BCUT2D eigenvalue weighted by atomic mass is 15.2. The van der Waals surface area contributed by atoms with Gasteiger partial charge in [0.1, 0.15) is 0 Å². The van der Waals surface area contributed by atoms with Crippen molar-refractivity contribution in [1.29, 1.82) is 0 Å². The quantitative estimate of drug-likeness (QED) is 0.539. The standard InChI is InChI=1S/C17H14N6/c18-17-19-9-8-14(21-17)11-6-7-13-15(10-11)22-23-16(13)20-12-4-2-1-3-5-12/h1-10H,(H2,18,19,21)(H2,20,22,23). The fourth-order valence-corrected chi connectivity index (χ4v) is 2.47. The van der Waals surface area contributed by atoms with E-state index in [1.54, 1.807) is 6.20 Å². The van der Waals surface area contributed by atoms with E-state index in [2.05, 4.69) is 25.5 Å². The summed E-state index contributed by atoms with van der Waals surface area (Å²) < 4.78 is 0. The maximum absolute atomic E-state index is 5.65. The summed E-state index contributed by atoms with van der Waals surface area (Å²) in [5.74, 6) is 1.05. The van der Waals surface area contributed by atoms with E-state index in [0.717, 1.165) is 33.7 Å². The molecule has 0 unspecified atom stereocenters. The van der Waals surface area contributed by atoms with E-state index in [9.17, 15) is 0 Å². The minimum atomic E-state index is 0.263. The first-order chi connectivity index (χ1) is 11.3. The Balaban J connectivity index is 1.72. The van der Waals surface area contributed by atoms with Crippen molar-refractivity contribution in [3.63, 3.8) is 0 Å². The number of H-pyrrole nitrogens is 1. The zero-order valence-electron chi connectivity index (χ0n) is 12.2. The van der Waals surface area contributed by atoms with E-state index in [1.165, 1.54) is 0 Å². The van der Waals surface area contributed by atoms with Gasteiger partial charge in [0.15, 0.2) is 5.82 Å². The van der Waals surface area contributed by atoms with Gasteiger partial charge in [0.2, 0.25) is 5.95 Å². The molecule has 2 aromatic carbocycles. The largest absolute Gasteiger partial charge is 0.368 e. The van der Waals surface area contributed by atoms with Gasteiger partial charge in [-0.2, -0.15) is 5.10 Å². The van der Waals surface area contributed by atoms with E-state index in [1.807, 2.05) is 54.6 Å². The number of rotatable bonds is 3. The number of nitrogens with one attached hydrogen (secondary N) is 2. The molecule has 0 spiro atoms. The Hall–Kier alpha value is -3.41. The number of nitrogens with zero attached hydrogens (tertiary/aromatic N) is 3. The Bertz CT molecular complexity index is 961. The highest BCUT2D eigenvalue weighted by molar-refractivity contribution is 5.93. The molecule has 2 heterocycles. The lowest BCUT2D eigenvalue weighted by Gasteiger charge is -2.04. The monoisotopic (exact) mass is 302 g/mol. The Morgan fingerprint density at radius 3 is 2.70 bits per heavy atom. The number of aromatic nitrogens is 4. The van der Waals surface area contributed by atoms with Crippen molar-refractivity contribution in [3.8, 4) is 11.3 Å². The van der Waals surface area contributed by atoms with Crippen LogP contribution in [0.3, 0.4) is 0 Å². The van der Waals surface area contributed by atoms with Crippen LogP contribution in [0.15, 0.2) is 60.8 Å². The second-order valence-corrected chi connectivity index (χ2v) is 5.12. The topological polar surface area (TPSA) is 92.5 Å². The number of hydrogen-bond acceptors (Lipinski definition) is 5. The molecule has 0 aliphatic heterocycles.